The molecule has 1 saturated carbocycles. The molecule has 1 unspecified atom stereocenters. The molecule has 10 nitrogen and oxygen atoms in total. The number of benzene rings is 1. The van der Waals surface area contributed by atoms with E-state index in [-0.39, 0.29) is 34.1 Å². The van der Waals surface area contributed by atoms with Gasteiger partial charge in [-0.3, -0.25) is 19.2 Å². The maximum atomic E-state index is 13.6. The summed E-state index contributed by atoms with van der Waals surface area (Å²) in [5.74, 6) is -1.94. The van der Waals surface area contributed by atoms with E-state index in [1.165, 1.54) is 6.42 Å². The lowest BCUT2D eigenvalue weighted by Crippen LogP contribution is -2.58. The first-order valence-electron chi connectivity index (χ1n) is 13.7. The van der Waals surface area contributed by atoms with Crippen molar-refractivity contribution in [1.29, 1.82) is 0 Å². The van der Waals surface area contributed by atoms with Gasteiger partial charge >= 0.3 is 0 Å². The van der Waals surface area contributed by atoms with E-state index in [0.717, 1.165) is 43.9 Å². The number of rotatable bonds is 5. The molecule has 0 radical (unpaired) electrons. The Kier molecular flexibility index (Phi) is 7.95. The molecular weight excluding hydrogens is 502 g/mol. The van der Waals surface area contributed by atoms with Gasteiger partial charge in [-0.05, 0) is 65.4 Å². The molecule has 1 saturated heterocycles. The largest absolute Gasteiger partial charge is 0.504 e. The second-order valence-corrected chi connectivity index (χ2v) is 12.0. The van der Waals surface area contributed by atoms with Crippen molar-refractivity contribution < 1.29 is 29.0 Å². The van der Waals surface area contributed by atoms with Crippen molar-refractivity contribution in [3.8, 4) is 11.5 Å². The molecule has 1 aromatic carbocycles. The fourth-order valence-corrected chi connectivity index (χ4v) is 5.96. The maximum Gasteiger partial charge on any atom is 0.287 e. The third-order valence-electron chi connectivity index (χ3n) is 8.06. The molecule has 1 aromatic heterocycles. The van der Waals surface area contributed by atoms with Crippen LogP contribution in [0.1, 0.15) is 83.2 Å². The Hall–Kier alpha value is -3.56. The number of carbonyl (C=O) groups is 3. The minimum atomic E-state index is -0.891. The number of fused-ring (bicyclic) bond motifs is 1. The number of piperidine rings is 1. The Morgan fingerprint density at radius 2 is 1.64 bits per heavy atom. The molecule has 3 amide bonds. The predicted molar refractivity (Wildman–Crippen MR) is 145 cm³/mol. The van der Waals surface area contributed by atoms with Crippen LogP contribution in [0.15, 0.2) is 27.4 Å². The predicted octanol–water partition coefficient (Wildman–Crippen LogP) is 3.43. The van der Waals surface area contributed by atoms with Crippen molar-refractivity contribution in [2.24, 2.45) is 11.3 Å². The summed E-state index contributed by atoms with van der Waals surface area (Å²) in [6.45, 7) is 8.34. The van der Waals surface area contributed by atoms with Crippen LogP contribution in [0.5, 0.6) is 11.5 Å². The molecule has 39 heavy (non-hydrogen) atoms. The highest BCUT2D eigenvalue weighted by atomic mass is 16.3. The average Bonchev–Trinajstić information content (AvgIpc) is 2.88. The monoisotopic (exact) mass is 541 g/mol. The first kappa shape index (κ1) is 28.4. The van der Waals surface area contributed by atoms with Crippen molar-refractivity contribution in [1.82, 2.24) is 15.5 Å². The van der Waals surface area contributed by atoms with E-state index in [1.54, 1.807) is 11.8 Å². The Labute approximate surface area is 227 Å². The van der Waals surface area contributed by atoms with Gasteiger partial charge in [0, 0.05) is 30.8 Å². The van der Waals surface area contributed by atoms with E-state index >= 15 is 0 Å². The van der Waals surface area contributed by atoms with Crippen LogP contribution >= 0.6 is 0 Å². The normalized spacial score (nSPS) is 18.9. The lowest BCUT2D eigenvalue weighted by molar-refractivity contribution is -0.146. The van der Waals surface area contributed by atoms with Gasteiger partial charge in [0.2, 0.25) is 11.8 Å². The average molecular weight is 542 g/mol. The van der Waals surface area contributed by atoms with Crippen LogP contribution in [0.4, 0.5) is 0 Å². The molecule has 1 aliphatic heterocycles. The van der Waals surface area contributed by atoms with Crippen LogP contribution in [0.3, 0.4) is 0 Å². The Morgan fingerprint density at radius 1 is 1.03 bits per heavy atom. The number of phenols is 2. The summed E-state index contributed by atoms with van der Waals surface area (Å²) < 4.78 is 5.47. The third kappa shape index (κ3) is 6.04. The second-order valence-electron chi connectivity index (χ2n) is 12.0. The van der Waals surface area contributed by atoms with Crippen molar-refractivity contribution in [3.63, 3.8) is 0 Å². The molecule has 0 bridgehead atoms. The molecule has 1 aliphatic carbocycles. The number of phenolic OH excluding ortho intramolecular Hbond substituents is 2. The van der Waals surface area contributed by atoms with Gasteiger partial charge in [-0.1, -0.05) is 19.3 Å². The van der Waals surface area contributed by atoms with Gasteiger partial charge in [0.1, 0.15) is 11.6 Å². The molecule has 212 valence electrons. The van der Waals surface area contributed by atoms with E-state index in [4.69, 9.17) is 4.42 Å². The van der Waals surface area contributed by atoms with Crippen molar-refractivity contribution in [2.75, 3.05) is 13.1 Å². The molecule has 2 aliphatic rings. The quantitative estimate of drug-likeness (QED) is 0.424. The van der Waals surface area contributed by atoms with Crippen LogP contribution < -0.4 is 16.1 Å². The number of aromatic hydroxyl groups is 2. The summed E-state index contributed by atoms with van der Waals surface area (Å²) >= 11 is 0. The molecular formula is C29H39N3O7. The molecule has 2 fully saturated rings. The zero-order valence-corrected chi connectivity index (χ0v) is 23.1. The summed E-state index contributed by atoms with van der Waals surface area (Å²) in [6, 6.07) is 2.21. The summed E-state index contributed by atoms with van der Waals surface area (Å²) in [6.07, 6.45) is 6.61. The van der Waals surface area contributed by atoms with Gasteiger partial charge < -0.3 is 30.2 Å². The second kappa shape index (κ2) is 10.9. The van der Waals surface area contributed by atoms with Crippen LogP contribution in [0.25, 0.3) is 11.0 Å². The molecule has 0 spiro atoms. The number of nitrogens with one attached hydrogen (secondary N) is 2. The summed E-state index contributed by atoms with van der Waals surface area (Å²) in [5, 5.41) is 25.2. The fourth-order valence-electron chi connectivity index (χ4n) is 5.96. The minimum Gasteiger partial charge on any atom is -0.504 e. The third-order valence-corrected chi connectivity index (χ3v) is 8.06. The van der Waals surface area contributed by atoms with Gasteiger partial charge in [0.25, 0.3) is 5.91 Å². The first-order chi connectivity index (χ1) is 18.3. The number of amides is 3. The summed E-state index contributed by atoms with van der Waals surface area (Å²) in [4.78, 5) is 53.8. The Morgan fingerprint density at radius 3 is 2.26 bits per heavy atom. The summed E-state index contributed by atoms with van der Waals surface area (Å²) in [7, 11) is 0. The molecule has 2 aromatic rings. The Bertz CT molecular complexity index is 1310. The number of hydrogen-bond acceptors (Lipinski definition) is 7. The molecule has 4 rings (SSSR count). The number of hydrogen-bond donors (Lipinski definition) is 4. The highest BCUT2D eigenvalue weighted by Gasteiger charge is 2.49. The molecule has 1 atom stereocenters. The highest BCUT2D eigenvalue weighted by molar-refractivity contribution is 5.96. The van der Waals surface area contributed by atoms with E-state index in [1.807, 2.05) is 20.8 Å². The number of likely N-dealkylation sites (tertiary alicyclic amines) is 1. The fraction of sp³-hybridized carbons (Fsp3) is 0.586. The van der Waals surface area contributed by atoms with Crippen LogP contribution in [-0.2, 0) is 9.59 Å². The minimum absolute atomic E-state index is 0.0104. The van der Waals surface area contributed by atoms with E-state index < -0.39 is 34.3 Å². The standard InChI is InChI=1S/C29H39N3O7/c1-17(30-25(36)24-15-20(33)19-14-21(34)22(35)16-23(19)39-24)26(37)32-12-10-29(11-13-32,18-8-6-5-7-9-18)27(38)31-28(2,3)4/h14-18,34-35H,5-13H2,1-4H3,(H,30,36)(H,31,38). The van der Waals surface area contributed by atoms with Gasteiger partial charge in [0.05, 0.1) is 10.8 Å². The van der Waals surface area contributed by atoms with Gasteiger partial charge in [-0.2, -0.15) is 0 Å². The first-order valence-corrected chi connectivity index (χ1v) is 13.7. The van der Waals surface area contributed by atoms with Crippen LogP contribution in [0, 0.1) is 11.3 Å². The lowest BCUT2D eigenvalue weighted by Gasteiger charge is -2.48. The molecule has 2 heterocycles. The zero-order chi connectivity index (χ0) is 28.5. The molecule has 10 heteroatoms. The van der Waals surface area contributed by atoms with Crippen molar-refractivity contribution in [2.45, 2.75) is 84.2 Å². The van der Waals surface area contributed by atoms with Gasteiger partial charge in [-0.25, -0.2) is 0 Å². The lowest BCUT2D eigenvalue weighted by atomic mass is 9.63. The van der Waals surface area contributed by atoms with Crippen LogP contribution in [0.2, 0.25) is 0 Å². The maximum absolute atomic E-state index is 13.6. The SMILES string of the molecule is CC(NC(=O)c1cc(=O)c2cc(O)c(O)cc2o1)C(=O)N1CCC(C(=O)NC(C)(C)C)(C2CCCCC2)CC1. The van der Waals surface area contributed by atoms with E-state index in [0.29, 0.717) is 31.8 Å². The van der Waals surface area contributed by atoms with Crippen molar-refractivity contribution in [3.05, 3.63) is 34.2 Å². The zero-order valence-electron chi connectivity index (χ0n) is 23.1. The number of carbonyl (C=O) groups excluding carboxylic acids is 3. The van der Waals surface area contributed by atoms with Gasteiger partial charge in [0.15, 0.2) is 22.7 Å². The molecule has 4 N–H and O–H groups in total. The van der Waals surface area contributed by atoms with E-state index in [9.17, 15) is 29.4 Å². The van der Waals surface area contributed by atoms with Crippen molar-refractivity contribution >= 4 is 28.7 Å². The summed E-state index contributed by atoms with van der Waals surface area (Å²) in [5.41, 5.74) is -1.49. The smallest absolute Gasteiger partial charge is 0.287 e. The highest BCUT2D eigenvalue weighted by Crippen LogP contribution is 2.46. The Balaban J connectivity index is 1.44. The number of nitrogens with zero attached hydrogens (tertiary/aromatic N) is 1. The van der Waals surface area contributed by atoms with E-state index in [2.05, 4.69) is 10.6 Å². The van der Waals surface area contributed by atoms with Gasteiger partial charge in [-0.15, -0.1) is 0 Å². The van der Waals surface area contributed by atoms with Crippen LogP contribution in [-0.4, -0.2) is 57.5 Å². The topological polar surface area (TPSA) is 149 Å².